The fourth-order valence-corrected chi connectivity index (χ4v) is 4.93. The molecule has 0 bridgehead atoms. The lowest BCUT2D eigenvalue weighted by Crippen LogP contribution is -2.54. The Morgan fingerprint density at radius 3 is 1.67 bits per heavy atom. The van der Waals surface area contributed by atoms with Crippen molar-refractivity contribution in [1.82, 2.24) is 20.9 Å². The molecule has 4 N–H and O–H groups in total. The van der Waals surface area contributed by atoms with Gasteiger partial charge in [0.15, 0.2) is 0 Å². The second kappa shape index (κ2) is 27.0. The van der Waals surface area contributed by atoms with Gasteiger partial charge in [-0.15, -0.1) is 0 Å². The first-order valence-electron chi connectivity index (χ1n) is 17.2. The summed E-state index contributed by atoms with van der Waals surface area (Å²) in [6.07, 6.45) is 1.50. The van der Waals surface area contributed by atoms with Crippen molar-refractivity contribution in [3.05, 3.63) is 29.8 Å². The van der Waals surface area contributed by atoms with E-state index in [0.717, 1.165) is 0 Å². The maximum atomic E-state index is 13.8. The Morgan fingerprint density at radius 2 is 1.20 bits per heavy atom. The van der Waals surface area contributed by atoms with E-state index in [0.29, 0.717) is 71.2 Å². The smallest absolute Gasteiger partial charge is 0.381 e. The number of hydrogen-bond donors (Lipinski definition) is 4. The highest BCUT2D eigenvalue weighted by Gasteiger charge is 2.37. The first kappa shape index (κ1) is 46.4. The van der Waals surface area contributed by atoms with Crippen molar-refractivity contribution in [3.63, 3.8) is 0 Å². The summed E-state index contributed by atoms with van der Waals surface area (Å²) < 4.78 is 49.4. The van der Waals surface area contributed by atoms with Crippen LogP contribution in [0.4, 0.5) is 0 Å². The number of methoxy groups -OCH3 is 3. The first-order valence-corrected chi connectivity index (χ1v) is 18.8. The number of carbonyl (C=O) groups is 3. The molecule has 294 valence electrons. The van der Waals surface area contributed by atoms with E-state index in [1.54, 1.807) is 66.4 Å². The monoisotopic (exact) mass is 748 g/mol. The zero-order valence-corrected chi connectivity index (χ0v) is 32.1. The van der Waals surface area contributed by atoms with Gasteiger partial charge in [0.05, 0.1) is 77.1 Å². The molecule has 0 heterocycles. The Balaban J connectivity index is 3.16. The maximum absolute atomic E-state index is 13.8. The Bertz CT molecular complexity index is 1120. The predicted octanol–water partition coefficient (Wildman–Crippen LogP) is 1.38. The molecular formula is C34H61N4O12P. The van der Waals surface area contributed by atoms with Crippen LogP contribution in [0.5, 0.6) is 5.75 Å². The highest BCUT2D eigenvalue weighted by molar-refractivity contribution is 7.54. The van der Waals surface area contributed by atoms with E-state index in [1.807, 2.05) is 0 Å². The Morgan fingerprint density at radius 1 is 0.706 bits per heavy atom. The fourth-order valence-electron chi connectivity index (χ4n) is 4.25. The van der Waals surface area contributed by atoms with Gasteiger partial charge in [0.25, 0.3) is 0 Å². The molecule has 0 fully saturated rings. The van der Waals surface area contributed by atoms with Crippen LogP contribution >= 0.6 is 7.60 Å². The average Bonchev–Trinajstić information content (AvgIpc) is 3.07. The van der Waals surface area contributed by atoms with Crippen LogP contribution in [-0.4, -0.2) is 152 Å². The molecule has 0 aromatic heterocycles. The van der Waals surface area contributed by atoms with Gasteiger partial charge in [0.2, 0.25) is 17.7 Å². The Hall–Kier alpha value is -2.66. The van der Waals surface area contributed by atoms with Crippen molar-refractivity contribution in [2.45, 2.75) is 51.2 Å². The first-order chi connectivity index (χ1) is 24.3. The van der Waals surface area contributed by atoms with Crippen LogP contribution < -0.4 is 20.5 Å². The average molecular weight is 749 g/mol. The van der Waals surface area contributed by atoms with Crippen LogP contribution in [0.15, 0.2) is 24.3 Å². The van der Waals surface area contributed by atoms with Gasteiger partial charge in [0, 0.05) is 47.6 Å². The molecule has 1 aromatic rings. The SMILES string of the molecule is COCCOCCCCNC(=O)C(Cc1ccc(OP(=O)(O)C(C)(C)C)cc1)N(CC(=O)NCCOCCOC)CC(=O)NCCOCCOC. The van der Waals surface area contributed by atoms with Crippen molar-refractivity contribution in [1.29, 1.82) is 0 Å². The van der Waals surface area contributed by atoms with Gasteiger partial charge in [-0.2, -0.15) is 0 Å². The van der Waals surface area contributed by atoms with E-state index >= 15 is 0 Å². The second-order valence-corrected chi connectivity index (χ2v) is 15.1. The number of benzene rings is 1. The van der Waals surface area contributed by atoms with Crippen LogP contribution in [0.25, 0.3) is 0 Å². The minimum Gasteiger partial charge on any atom is -0.424 e. The Labute approximate surface area is 303 Å². The van der Waals surface area contributed by atoms with Gasteiger partial charge in [-0.05, 0) is 57.7 Å². The molecule has 2 unspecified atom stereocenters. The van der Waals surface area contributed by atoms with Gasteiger partial charge in [-0.1, -0.05) is 12.1 Å². The summed E-state index contributed by atoms with van der Waals surface area (Å²) in [4.78, 5) is 51.9. The van der Waals surface area contributed by atoms with Gasteiger partial charge in [-0.25, -0.2) is 4.57 Å². The van der Waals surface area contributed by atoms with Crippen LogP contribution in [0.1, 0.15) is 39.2 Å². The highest BCUT2D eigenvalue weighted by atomic mass is 31.2. The van der Waals surface area contributed by atoms with Crippen LogP contribution in [-0.2, 0) is 53.8 Å². The molecule has 1 rings (SSSR count). The maximum Gasteiger partial charge on any atom is 0.381 e. The van der Waals surface area contributed by atoms with Crippen molar-refractivity contribution in [2.24, 2.45) is 0 Å². The van der Waals surface area contributed by atoms with Gasteiger partial charge in [-0.3, -0.25) is 19.3 Å². The van der Waals surface area contributed by atoms with E-state index in [1.165, 1.54) is 4.90 Å². The van der Waals surface area contributed by atoms with Gasteiger partial charge >= 0.3 is 7.60 Å². The lowest BCUT2D eigenvalue weighted by atomic mass is 10.0. The standard InChI is InChI=1S/C34H61N4O12P/c1-34(2,3)51(42,43)50-29-11-9-28(10-12-29)25-30(33(41)37-13-7-8-16-47-22-19-44-4)38(26-31(39)35-14-17-48-23-20-45-5)27-32(40)36-15-18-49-24-21-46-6/h9-12,30H,7-8,13-27H2,1-6H3,(H,35,39)(H,36,40)(H,37,41)(H,42,43). The summed E-state index contributed by atoms with van der Waals surface area (Å²) >= 11 is 0. The zero-order valence-electron chi connectivity index (χ0n) is 31.2. The molecule has 0 aliphatic heterocycles. The molecule has 3 amide bonds. The number of ether oxygens (including phenoxy) is 6. The molecule has 0 saturated heterocycles. The van der Waals surface area contributed by atoms with E-state index in [-0.39, 0.29) is 57.5 Å². The van der Waals surface area contributed by atoms with Crippen LogP contribution in [0.2, 0.25) is 0 Å². The summed E-state index contributed by atoms with van der Waals surface area (Å²) in [5, 5.41) is 7.53. The number of nitrogens with zero attached hydrogens (tertiary/aromatic N) is 1. The normalized spacial score (nSPS) is 13.4. The molecule has 0 aliphatic rings. The second-order valence-electron chi connectivity index (χ2n) is 12.6. The third-order valence-electron chi connectivity index (χ3n) is 7.31. The topological polar surface area (TPSA) is 192 Å². The minimum atomic E-state index is -3.97. The van der Waals surface area contributed by atoms with Crippen molar-refractivity contribution >= 4 is 25.3 Å². The molecule has 0 spiro atoms. The summed E-state index contributed by atoms with van der Waals surface area (Å²) in [6, 6.07) is 5.55. The molecule has 51 heavy (non-hydrogen) atoms. The Kier molecular flexibility index (Phi) is 24.6. The van der Waals surface area contributed by atoms with Crippen LogP contribution in [0.3, 0.4) is 0 Å². The van der Waals surface area contributed by atoms with Gasteiger partial charge < -0.3 is 53.8 Å². The lowest BCUT2D eigenvalue weighted by Gasteiger charge is -2.30. The largest absolute Gasteiger partial charge is 0.424 e. The van der Waals surface area contributed by atoms with Crippen molar-refractivity contribution in [3.8, 4) is 5.75 Å². The van der Waals surface area contributed by atoms with E-state index < -0.39 is 30.6 Å². The number of amides is 3. The van der Waals surface area contributed by atoms with E-state index in [9.17, 15) is 23.8 Å². The summed E-state index contributed by atoms with van der Waals surface area (Å²) in [7, 11) is 0.766. The molecule has 0 radical (unpaired) electrons. The predicted molar refractivity (Wildman–Crippen MR) is 192 cm³/mol. The molecule has 0 aliphatic carbocycles. The van der Waals surface area contributed by atoms with Crippen molar-refractivity contribution in [2.75, 3.05) is 114 Å². The molecule has 2 atom stereocenters. The molecule has 1 aromatic carbocycles. The number of nitrogens with one attached hydrogen (secondary N) is 3. The zero-order chi connectivity index (χ0) is 38.0. The third-order valence-corrected chi connectivity index (χ3v) is 9.47. The molecule has 17 heteroatoms. The minimum absolute atomic E-state index is 0.128. The van der Waals surface area contributed by atoms with E-state index in [4.69, 9.17) is 32.9 Å². The summed E-state index contributed by atoms with van der Waals surface area (Å²) in [6.45, 7) is 8.82. The molecule has 0 saturated carbocycles. The number of hydrogen-bond acceptors (Lipinski definition) is 12. The highest BCUT2D eigenvalue weighted by Crippen LogP contribution is 2.54. The molecular weight excluding hydrogens is 687 g/mol. The number of unbranched alkanes of at least 4 members (excludes halogenated alkanes) is 1. The quantitative estimate of drug-likeness (QED) is 0.0653. The molecule has 16 nitrogen and oxygen atoms in total. The fraction of sp³-hybridized carbons (Fsp3) is 0.735. The number of carbonyl (C=O) groups excluding carboxylic acids is 3. The lowest BCUT2D eigenvalue weighted by molar-refractivity contribution is -0.131. The van der Waals surface area contributed by atoms with Crippen LogP contribution in [0, 0.1) is 0 Å². The number of rotatable bonds is 30. The summed E-state index contributed by atoms with van der Waals surface area (Å²) in [5.74, 6) is -0.952. The third kappa shape index (κ3) is 21.5. The summed E-state index contributed by atoms with van der Waals surface area (Å²) in [5.41, 5.74) is 0.682. The van der Waals surface area contributed by atoms with E-state index in [2.05, 4.69) is 16.0 Å². The van der Waals surface area contributed by atoms with Crippen molar-refractivity contribution < 1.29 is 56.8 Å². The van der Waals surface area contributed by atoms with Gasteiger partial charge in [0.1, 0.15) is 5.75 Å².